The SMILES string of the molecule is CN(C)C(=O)NC1CCC(CC[N+]2(O)CCN(c3cccc(Cl)c3Cl)CC2)CC1. The molecule has 2 amide bonds. The van der Waals surface area contributed by atoms with Gasteiger partial charge in [0, 0.05) is 26.6 Å². The van der Waals surface area contributed by atoms with Crippen LogP contribution in [-0.2, 0) is 0 Å². The molecular formula is C21H33Cl2N4O2+. The molecule has 2 N–H and O–H groups in total. The van der Waals surface area contributed by atoms with E-state index in [1.165, 1.54) is 0 Å². The molecule has 0 spiro atoms. The number of nitrogens with zero attached hydrogens (tertiary/aromatic N) is 3. The Bertz CT molecular complexity index is 700. The molecule has 3 rings (SSSR count). The van der Waals surface area contributed by atoms with Crippen molar-refractivity contribution >= 4 is 34.9 Å². The maximum atomic E-state index is 11.8. The van der Waals surface area contributed by atoms with Crippen LogP contribution >= 0.6 is 23.2 Å². The predicted molar refractivity (Wildman–Crippen MR) is 118 cm³/mol. The Hall–Kier alpha value is -1.21. The van der Waals surface area contributed by atoms with Crippen LogP contribution < -0.4 is 10.2 Å². The molecule has 1 aromatic carbocycles. The highest BCUT2D eigenvalue weighted by atomic mass is 35.5. The number of piperazine rings is 1. The van der Waals surface area contributed by atoms with E-state index in [4.69, 9.17) is 23.2 Å². The van der Waals surface area contributed by atoms with Gasteiger partial charge >= 0.3 is 6.03 Å². The van der Waals surface area contributed by atoms with Gasteiger partial charge in [0.05, 0.1) is 28.8 Å². The number of halogens is 2. The number of hydrogen-bond donors (Lipinski definition) is 2. The number of rotatable bonds is 5. The number of urea groups is 1. The normalized spacial score (nSPS) is 24.2. The van der Waals surface area contributed by atoms with Crippen LogP contribution in [0.25, 0.3) is 0 Å². The van der Waals surface area contributed by atoms with E-state index >= 15 is 0 Å². The van der Waals surface area contributed by atoms with E-state index in [1.54, 1.807) is 25.1 Å². The van der Waals surface area contributed by atoms with Gasteiger partial charge in [-0.3, -0.25) is 0 Å². The van der Waals surface area contributed by atoms with Gasteiger partial charge in [-0.2, -0.15) is 4.65 Å². The van der Waals surface area contributed by atoms with E-state index in [-0.39, 0.29) is 16.7 Å². The average molecular weight is 444 g/mol. The second-order valence-electron chi connectivity index (χ2n) is 8.68. The summed E-state index contributed by atoms with van der Waals surface area (Å²) in [7, 11) is 3.54. The van der Waals surface area contributed by atoms with Crippen molar-refractivity contribution in [3.05, 3.63) is 28.2 Å². The van der Waals surface area contributed by atoms with Crippen molar-refractivity contribution in [3.8, 4) is 0 Å². The molecule has 0 unspecified atom stereocenters. The second kappa shape index (κ2) is 9.73. The molecular weight excluding hydrogens is 411 g/mol. The molecule has 162 valence electrons. The highest BCUT2D eigenvalue weighted by Gasteiger charge is 2.34. The minimum atomic E-state index is -0.00834. The van der Waals surface area contributed by atoms with Crippen molar-refractivity contribution in [2.24, 2.45) is 5.92 Å². The lowest BCUT2D eigenvalue weighted by atomic mass is 9.84. The lowest BCUT2D eigenvalue weighted by Gasteiger charge is -2.40. The third-order valence-electron chi connectivity index (χ3n) is 6.38. The fourth-order valence-corrected chi connectivity index (χ4v) is 4.78. The van der Waals surface area contributed by atoms with Gasteiger partial charge in [-0.05, 0) is 43.7 Å². The van der Waals surface area contributed by atoms with Crippen LogP contribution in [-0.4, -0.2) is 73.6 Å². The van der Waals surface area contributed by atoms with Gasteiger partial charge in [-0.1, -0.05) is 29.3 Å². The smallest absolute Gasteiger partial charge is 0.317 e. The third-order valence-corrected chi connectivity index (χ3v) is 7.19. The van der Waals surface area contributed by atoms with Gasteiger partial charge in [-0.15, -0.1) is 0 Å². The molecule has 0 radical (unpaired) electrons. The summed E-state index contributed by atoms with van der Waals surface area (Å²) in [5, 5.41) is 15.3. The molecule has 0 atom stereocenters. The summed E-state index contributed by atoms with van der Waals surface area (Å²) in [4.78, 5) is 15.6. The molecule has 0 bridgehead atoms. The molecule has 6 nitrogen and oxygen atoms in total. The molecule has 1 aliphatic carbocycles. The zero-order chi connectivity index (χ0) is 21.0. The molecule has 8 heteroatoms. The first-order valence-electron chi connectivity index (χ1n) is 10.5. The summed E-state index contributed by atoms with van der Waals surface area (Å²) in [6, 6.07) is 5.97. The number of carbonyl (C=O) groups is 1. The summed E-state index contributed by atoms with van der Waals surface area (Å²) >= 11 is 12.5. The molecule has 1 saturated carbocycles. The number of amides is 2. The van der Waals surface area contributed by atoms with Gasteiger partial charge < -0.3 is 15.1 Å². The van der Waals surface area contributed by atoms with E-state index in [1.807, 2.05) is 12.1 Å². The molecule has 0 aromatic heterocycles. The fourth-order valence-electron chi connectivity index (χ4n) is 4.36. The average Bonchev–Trinajstić information content (AvgIpc) is 2.70. The summed E-state index contributed by atoms with van der Waals surface area (Å²) in [6.07, 6.45) is 5.31. The summed E-state index contributed by atoms with van der Waals surface area (Å²) in [5.41, 5.74) is 0.948. The molecule has 29 heavy (non-hydrogen) atoms. The lowest BCUT2D eigenvalue weighted by Crippen LogP contribution is -2.58. The molecule has 1 aromatic rings. The molecule has 2 fully saturated rings. The zero-order valence-corrected chi connectivity index (χ0v) is 18.9. The highest BCUT2D eigenvalue weighted by molar-refractivity contribution is 6.43. The maximum absolute atomic E-state index is 11.8. The first-order valence-corrected chi connectivity index (χ1v) is 11.3. The van der Waals surface area contributed by atoms with Gasteiger partial charge in [0.1, 0.15) is 19.6 Å². The van der Waals surface area contributed by atoms with Gasteiger partial charge in [0.15, 0.2) is 0 Å². The van der Waals surface area contributed by atoms with Gasteiger partial charge in [0.2, 0.25) is 0 Å². The van der Waals surface area contributed by atoms with Crippen molar-refractivity contribution in [2.75, 3.05) is 51.7 Å². The highest BCUT2D eigenvalue weighted by Crippen LogP contribution is 2.34. The topological polar surface area (TPSA) is 55.8 Å². The van der Waals surface area contributed by atoms with Crippen LogP contribution in [0.5, 0.6) is 0 Å². The van der Waals surface area contributed by atoms with Crippen LogP contribution in [0.3, 0.4) is 0 Å². The number of quaternary nitrogens is 1. The molecule has 1 aliphatic heterocycles. The first kappa shape index (κ1) is 22.5. The number of anilines is 1. The zero-order valence-electron chi connectivity index (χ0n) is 17.4. The summed E-state index contributed by atoms with van der Waals surface area (Å²) < 4.78 is 0.131. The molecule has 1 saturated heterocycles. The lowest BCUT2D eigenvalue weighted by molar-refractivity contribution is -1.10. The van der Waals surface area contributed by atoms with Crippen LogP contribution in [0.2, 0.25) is 10.0 Å². The minimum Gasteiger partial charge on any atom is -0.359 e. The Morgan fingerprint density at radius 2 is 1.86 bits per heavy atom. The Morgan fingerprint density at radius 3 is 2.48 bits per heavy atom. The number of hydrogen-bond acceptors (Lipinski definition) is 3. The Labute approximate surface area is 183 Å². The van der Waals surface area contributed by atoms with E-state index in [0.717, 1.165) is 57.4 Å². The van der Waals surface area contributed by atoms with Crippen LogP contribution in [0, 0.1) is 5.92 Å². The largest absolute Gasteiger partial charge is 0.359 e. The third kappa shape index (κ3) is 5.91. The number of carbonyl (C=O) groups excluding carboxylic acids is 1. The van der Waals surface area contributed by atoms with E-state index < -0.39 is 0 Å². The van der Waals surface area contributed by atoms with Crippen molar-refractivity contribution in [1.82, 2.24) is 10.2 Å². The monoisotopic (exact) mass is 443 g/mol. The van der Waals surface area contributed by atoms with E-state index in [0.29, 0.717) is 29.1 Å². The van der Waals surface area contributed by atoms with Crippen LogP contribution in [0.15, 0.2) is 18.2 Å². The Balaban J connectivity index is 1.42. The van der Waals surface area contributed by atoms with E-state index in [2.05, 4.69) is 10.2 Å². The standard InChI is InChI=1S/C21H32Cl2N4O2/c1-25(2)21(28)24-17-8-6-16(7-9-17)10-13-27(29)14-11-26(12-15-27)19-5-3-4-18(22)20(19)23/h3-5,16-17,29H,6-15H2,1-2H3/p+1. The number of hydroxylamine groups is 3. The van der Waals surface area contributed by atoms with Gasteiger partial charge in [-0.25, -0.2) is 10.0 Å². The minimum absolute atomic E-state index is 0.00834. The van der Waals surface area contributed by atoms with Crippen molar-refractivity contribution < 1.29 is 14.6 Å². The number of benzene rings is 1. The van der Waals surface area contributed by atoms with E-state index in [9.17, 15) is 10.0 Å². The predicted octanol–water partition coefficient (Wildman–Crippen LogP) is 4.24. The quantitative estimate of drug-likeness (QED) is 0.668. The summed E-state index contributed by atoms with van der Waals surface area (Å²) in [6.45, 7) is 3.70. The molecule has 2 aliphatic rings. The van der Waals surface area contributed by atoms with Crippen molar-refractivity contribution in [2.45, 2.75) is 38.1 Å². The van der Waals surface area contributed by atoms with Crippen molar-refractivity contribution in [1.29, 1.82) is 0 Å². The summed E-state index contributed by atoms with van der Waals surface area (Å²) in [5.74, 6) is 0.630. The fraction of sp³-hybridized carbons (Fsp3) is 0.667. The van der Waals surface area contributed by atoms with Crippen LogP contribution in [0.4, 0.5) is 10.5 Å². The van der Waals surface area contributed by atoms with Gasteiger partial charge in [0.25, 0.3) is 0 Å². The first-order chi connectivity index (χ1) is 13.8. The van der Waals surface area contributed by atoms with Crippen molar-refractivity contribution in [3.63, 3.8) is 0 Å². The molecule has 1 heterocycles. The van der Waals surface area contributed by atoms with Crippen LogP contribution in [0.1, 0.15) is 32.1 Å². The number of nitrogens with one attached hydrogen (secondary N) is 1. The Kier molecular flexibility index (Phi) is 7.54. The Morgan fingerprint density at radius 1 is 1.21 bits per heavy atom. The maximum Gasteiger partial charge on any atom is 0.317 e. The second-order valence-corrected chi connectivity index (χ2v) is 9.46.